The van der Waals surface area contributed by atoms with Gasteiger partial charge in [-0.2, -0.15) is 0 Å². The maximum Gasteiger partial charge on any atom is 0.295 e. The number of aliphatic hydroxyl groups excluding tert-OH is 1. The molecule has 1 fully saturated rings. The number of ether oxygens (including phenoxy) is 1. The molecule has 3 aromatic carbocycles. The van der Waals surface area contributed by atoms with E-state index in [1.807, 2.05) is 61.7 Å². The summed E-state index contributed by atoms with van der Waals surface area (Å²) in [5.74, 6) is -0.780. The van der Waals surface area contributed by atoms with Gasteiger partial charge in [-0.05, 0) is 66.8 Å². The summed E-state index contributed by atoms with van der Waals surface area (Å²) in [5, 5.41) is 12.4. The number of amides is 1. The molecule has 188 valence electrons. The monoisotopic (exact) mass is 494 g/mol. The van der Waals surface area contributed by atoms with Crippen LogP contribution in [0.15, 0.2) is 84.6 Å². The van der Waals surface area contributed by atoms with Gasteiger partial charge in [-0.1, -0.05) is 49.4 Å². The number of carbonyl (C=O) groups excluding carboxylic acids is 2. The second kappa shape index (κ2) is 10.3. The molecular formula is C31H30N2O4. The molecule has 0 aliphatic carbocycles. The van der Waals surface area contributed by atoms with Gasteiger partial charge in [0.2, 0.25) is 0 Å². The van der Waals surface area contributed by atoms with Crippen molar-refractivity contribution in [3.8, 4) is 5.75 Å². The predicted octanol–water partition coefficient (Wildman–Crippen LogP) is 5.79. The summed E-state index contributed by atoms with van der Waals surface area (Å²) < 4.78 is 5.50. The lowest BCUT2D eigenvalue weighted by molar-refractivity contribution is -0.139. The highest BCUT2D eigenvalue weighted by molar-refractivity contribution is 6.46. The van der Waals surface area contributed by atoms with Gasteiger partial charge in [0, 0.05) is 29.2 Å². The quantitative estimate of drug-likeness (QED) is 0.184. The first kappa shape index (κ1) is 24.4. The number of carbonyl (C=O) groups is 2. The molecule has 1 atom stereocenters. The first-order chi connectivity index (χ1) is 18.0. The zero-order valence-electron chi connectivity index (χ0n) is 21.0. The lowest BCUT2D eigenvalue weighted by Gasteiger charge is -2.25. The minimum absolute atomic E-state index is 0.109. The summed E-state index contributed by atoms with van der Waals surface area (Å²) >= 11 is 0. The Balaban J connectivity index is 1.54. The number of aromatic nitrogens is 1. The third-order valence-corrected chi connectivity index (χ3v) is 6.98. The Morgan fingerprint density at radius 1 is 0.973 bits per heavy atom. The van der Waals surface area contributed by atoms with Crippen LogP contribution in [0.1, 0.15) is 42.1 Å². The Hall–Kier alpha value is -4.32. The van der Waals surface area contributed by atoms with Gasteiger partial charge in [-0.15, -0.1) is 0 Å². The van der Waals surface area contributed by atoms with Crippen LogP contribution in [0, 0.1) is 0 Å². The third-order valence-electron chi connectivity index (χ3n) is 6.98. The summed E-state index contributed by atoms with van der Waals surface area (Å²) in [6, 6.07) is 22.1. The van der Waals surface area contributed by atoms with E-state index in [0.717, 1.165) is 34.0 Å². The van der Waals surface area contributed by atoms with Crippen molar-refractivity contribution in [1.82, 2.24) is 9.88 Å². The first-order valence-electron chi connectivity index (χ1n) is 12.7. The number of aromatic amines is 1. The van der Waals surface area contributed by atoms with Gasteiger partial charge in [0.25, 0.3) is 11.7 Å². The zero-order valence-corrected chi connectivity index (χ0v) is 21.0. The van der Waals surface area contributed by atoms with Crippen molar-refractivity contribution in [1.29, 1.82) is 0 Å². The van der Waals surface area contributed by atoms with Crippen molar-refractivity contribution in [2.24, 2.45) is 0 Å². The number of rotatable bonds is 8. The van der Waals surface area contributed by atoms with Gasteiger partial charge in [-0.3, -0.25) is 9.59 Å². The average molecular weight is 495 g/mol. The van der Waals surface area contributed by atoms with Gasteiger partial charge in [-0.25, -0.2) is 0 Å². The van der Waals surface area contributed by atoms with Crippen molar-refractivity contribution in [2.45, 2.75) is 32.7 Å². The topological polar surface area (TPSA) is 82.6 Å². The number of ketones is 1. The van der Waals surface area contributed by atoms with Crippen LogP contribution >= 0.6 is 0 Å². The van der Waals surface area contributed by atoms with Gasteiger partial charge < -0.3 is 19.7 Å². The SMILES string of the molecule is CCOc1ccc(C(O)=C2C(=O)C(=O)N(CCc3c[nH]c4ccccc34)[C@@H]2c2ccc(CC)cc2)cc1. The number of para-hydroxylation sites is 1. The molecule has 1 aromatic heterocycles. The van der Waals surface area contributed by atoms with Crippen LogP contribution in [-0.2, 0) is 22.4 Å². The summed E-state index contributed by atoms with van der Waals surface area (Å²) in [4.78, 5) is 31.5. The summed E-state index contributed by atoms with van der Waals surface area (Å²) in [6.07, 6.45) is 3.41. The minimum atomic E-state index is -0.678. The fourth-order valence-corrected chi connectivity index (χ4v) is 5.00. The summed E-state index contributed by atoms with van der Waals surface area (Å²) in [7, 11) is 0. The molecule has 1 amide bonds. The van der Waals surface area contributed by atoms with E-state index in [9.17, 15) is 14.7 Å². The summed E-state index contributed by atoms with van der Waals surface area (Å²) in [5.41, 5.74) is 4.63. The van der Waals surface area contributed by atoms with Gasteiger partial charge >= 0.3 is 0 Å². The average Bonchev–Trinajstić information content (AvgIpc) is 3.46. The summed E-state index contributed by atoms with van der Waals surface area (Å²) in [6.45, 7) is 4.84. The molecular weight excluding hydrogens is 464 g/mol. The number of benzene rings is 3. The highest BCUT2D eigenvalue weighted by Crippen LogP contribution is 2.40. The number of nitrogens with zero attached hydrogens (tertiary/aromatic N) is 1. The van der Waals surface area contributed by atoms with Crippen molar-refractivity contribution in [3.05, 3.63) is 107 Å². The van der Waals surface area contributed by atoms with E-state index >= 15 is 0 Å². The van der Waals surface area contributed by atoms with E-state index in [-0.39, 0.29) is 11.3 Å². The molecule has 0 unspecified atom stereocenters. The Morgan fingerprint density at radius 2 is 1.70 bits per heavy atom. The van der Waals surface area contributed by atoms with Crippen LogP contribution in [0.5, 0.6) is 5.75 Å². The Kier molecular flexibility index (Phi) is 6.82. The van der Waals surface area contributed by atoms with Crippen LogP contribution in [0.3, 0.4) is 0 Å². The molecule has 1 saturated heterocycles. The largest absolute Gasteiger partial charge is 0.507 e. The van der Waals surface area contributed by atoms with E-state index in [4.69, 9.17) is 4.74 Å². The molecule has 0 spiro atoms. The van der Waals surface area contributed by atoms with Gasteiger partial charge in [0.15, 0.2) is 0 Å². The predicted molar refractivity (Wildman–Crippen MR) is 144 cm³/mol. The molecule has 1 aliphatic rings. The molecule has 2 heterocycles. The molecule has 6 nitrogen and oxygen atoms in total. The first-order valence-corrected chi connectivity index (χ1v) is 12.7. The van der Waals surface area contributed by atoms with Crippen LogP contribution < -0.4 is 4.74 Å². The maximum atomic E-state index is 13.3. The highest BCUT2D eigenvalue weighted by Gasteiger charge is 2.45. The molecule has 0 saturated carbocycles. The number of hydrogen-bond donors (Lipinski definition) is 2. The highest BCUT2D eigenvalue weighted by atomic mass is 16.5. The van der Waals surface area contributed by atoms with E-state index in [0.29, 0.717) is 30.9 Å². The molecule has 4 aromatic rings. The second-order valence-corrected chi connectivity index (χ2v) is 9.15. The molecule has 1 aliphatic heterocycles. The maximum absolute atomic E-state index is 13.3. The number of hydrogen-bond acceptors (Lipinski definition) is 4. The zero-order chi connectivity index (χ0) is 25.9. The molecule has 5 rings (SSSR count). The number of aryl methyl sites for hydroxylation is 1. The normalized spacial score (nSPS) is 17.0. The number of nitrogens with one attached hydrogen (secondary N) is 1. The van der Waals surface area contributed by atoms with Crippen LogP contribution in [-0.4, -0.2) is 39.8 Å². The van der Waals surface area contributed by atoms with Gasteiger partial charge in [0.05, 0.1) is 18.2 Å². The van der Waals surface area contributed by atoms with E-state index < -0.39 is 17.7 Å². The molecule has 6 heteroatoms. The van der Waals surface area contributed by atoms with Crippen molar-refractivity contribution in [2.75, 3.05) is 13.2 Å². The number of H-pyrrole nitrogens is 1. The smallest absolute Gasteiger partial charge is 0.295 e. The number of aliphatic hydroxyl groups is 1. The minimum Gasteiger partial charge on any atom is -0.507 e. The van der Waals surface area contributed by atoms with Crippen molar-refractivity contribution < 1.29 is 19.4 Å². The van der Waals surface area contributed by atoms with E-state index in [1.165, 1.54) is 0 Å². The standard InChI is InChI=1S/C31H30N2O4/c1-3-20-9-11-21(12-10-20)28-27(29(34)22-13-15-24(16-14-22)37-4-2)30(35)31(36)33(28)18-17-23-19-32-26-8-6-5-7-25(23)26/h5-16,19,28,32,34H,3-4,17-18H2,1-2H3/t28-/m1/s1. The van der Waals surface area contributed by atoms with Crippen molar-refractivity contribution in [3.63, 3.8) is 0 Å². The molecule has 37 heavy (non-hydrogen) atoms. The number of Topliss-reactive ketones (excluding diaryl/α,β-unsaturated/α-hetero) is 1. The molecule has 2 N–H and O–H groups in total. The Bertz CT molecular complexity index is 1470. The van der Waals surface area contributed by atoms with Gasteiger partial charge in [0.1, 0.15) is 11.5 Å². The Morgan fingerprint density at radius 3 is 2.41 bits per heavy atom. The molecule has 0 bridgehead atoms. The lowest BCUT2D eigenvalue weighted by Crippen LogP contribution is -2.31. The Labute approximate surface area is 216 Å². The van der Waals surface area contributed by atoms with E-state index in [2.05, 4.69) is 11.9 Å². The number of fused-ring (bicyclic) bond motifs is 1. The lowest BCUT2D eigenvalue weighted by atomic mass is 9.94. The second-order valence-electron chi connectivity index (χ2n) is 9.15. The fraction of sp³-hybridized carbons (Fsp3) is 0.226. The fourth-order valence-electron chi connectivity index (χ4n) is 5.00. The molecule has 0 radical (unpaired) electrons. The van der Waals surface area contributed by atoms with Crippen LogP contribution in [0.4, 0.5) is 0 Å². The van der Waals surface area contributed by atoms with Crippen LogP contribution in [0.2, 0.25) is 0 Å². The van der Waals surface area contributed by atoms with E-state index in [1.54, 1.807) is 29.2 Å². The third kappa shape index (κ3) is 4.62. The van der Waals surface area contributed by atoms with Crippen LogP contribution in [0.25, 0.3) is 16.7 Å². The van der Waals surface area contributed by atoms with Crippen molar-refractivity contribution >= 4 is 28.4 Å². The number of likely N-dealkylation sites (tertiary alicyclic amines) is 1.